The molecule has 0 saturated heterocycles. The number of pyridine rings is 1. The van der Waals surface area contributed by atoms with E-state index in [1.807, 2.05) is 19.1 Å². The van der Waals surface area contributed by atoms with E-state index in [1.165, 1.54) is 26.4 Å². The summed E-state index contributed by atoms with van der Waals surface area (Å²) in [5, 5.41) is 6.73. The molecule has 0 radical (unpaired) electrons. The second-order valence-corrected chi connectivity index (χ2v) is 8.46. The Hall–Kier alpha value is -4.01. The Labute approximate surface area is 216 Å². The third-order valence-corrected chi connectivity index (χ3v) is 6.09. The first-order chi connectivity index (χ1) is 17.2. The first-order valence-electron chi connectivity index (χ1n) is 10.6. The van der Waals surface area contributed by atoms with Crippen molar-refractivity contribution < 1.29 is 18.7 Å². The fourth-order valence-corrected chi connectivity index (χ4v) is 4.27. The molecule has 0 spiro atoms. The first kappa shape index (κ1) is 25.1. The Morgan fingerprint density at radius 3 is 2.39 bits per heavy atom. The van der Waals surface area contributed by atoms with Crippen LogP contribution in [-0.4, -0.2) is 25.1 Å². The van der Waals surface area contributed by atoms with Crippen LogP contribution < -0.4 is 25.7 Å². The molecule has 36 heavy (non-hydrogen) atoms. The smallest absolute Gasteiger partial charge is 0.344 e. The van der Waals surface area contributed by atoms with Crippen molar-refractivity contribution in [2.75, 3.05) is 24.9 Å². The van der Waals surface area contributed by atoms with Crippen molar-refractivity contribution in [1.82, 2.24) is 4.98 Å². The van der Waals surface area contributed by atoms with Crippen LogP contribution >= 0.6 is 23.2 Å². The molecule has 0 atom stereocenters. The highest BCUT2D eigenvalue weighted by molar-refractivity contribution is 6.41. The summed E-state index contributed by atoms with van der Waals surface area (Å²) in [6.45, 7) is 5.38. The second-order valence-electron chi connectivity index (χ2n) is 7.71. The van der Waals surface area contributed by atoms with Crippen LogP contribution in [0.15, 0.2) is 64.5 Å². The number of aryl methyl sites for hydroxylation is 1. The molecule has 2 N–H and O–H groups in total. The molecule has 0 bridgehead atoms. The number of hydrogen-bond donors (Lipinski definition) is 2. The van der Waals surface area contributed by atoms with Crippen molar-refractivity contribution in [3.05, 3.63) is 81.3 Å². The van der Waals surface area contributed by atoms with Crippen molar-refractivity contribution in [1.29, 1.82) is 0 Å². The van der Waals surface area contributed by atoms with Gasteiger partial charge in [0.2, 0.25) is 5.91 Å². The number of rotatable bonds is 7. The van der Waals surface area contributed by atoms with Gasteiger partial charge in [-0.3, -0.25) is 4.79 Å². The molecular formula is C26H21Cl2N3O5. The monoisotopic (exact) mass is 525 g/mol. The number of ether oxygens (including phenoxy) is 2. The summed E-state index contributed by atoms with van der Waals surface area (Å²) in [7, 11) is 2.89. The van der Waals surface area contributed by atoms with Gasteiger partial charge >= 0.3 is 5.63 Å². The summed E-state index contributed by atoms with van der Waals surface area (Å²) in [5.41, 5.74) is 2.09. The van der Waals surface area contributed by atoms with Crippen LogP contribution in [0.3, 0.4) is 0 Å². The molecule has 0 fully saturated rings. The Morgan fingerprint density at radius 1 is 1.06 bits per heavy atom. The minimum Gasteiger partial charge on any atom is -0.495 e. The van der Waals surface area contributed by atoms with Crippen LogP contribution in [0, 0.1) is 6.92 Å². The maximum Gasteiger partial charge on any atom is 0.344 e. The average molecular weight is 526 g/mol. The fraction of sp³-hybridized carbons (Fsp3) is 0.115. The van der Waals surface area contributed by atoms with Gasteiger partial charge in [-0.05, 0) is 36.8 Å². The maximum absolute atomic E-state index is 13.0. The molecule has 0 aliphatic heterocycles. The molecule has 0 saturated carbocycles. The molecule has 4 aromatic rings. The summed E-state index contributed by atoms with van der Waals surface area (Å²) in [6.07, 6.45) is 2.72. The lowest BCUT2D eigenvalue weighted by Gasteiger charge is -2.15. The largest absolute Gasteiger partial charge is 0.495 e. The molecule has 2 aromatic heterocycles. The lowest BCUT2D eigenvalue weighted by molar-refractivity contribution is -0.111. The van der Waals surface area contributed by atoms with E-state index in [4.69, 9.17) is 37.1 Å². The average Bonchev–Trinajstić information content (AvgIpc) is 2.86. The molecule has 10 heteroatoms. The summed E-state index contributed by atoms with van der Waals surface area (Å²) >= 11 is 13.0. The molecule has 4 rings (SSSR count). The van der Waals surface area contributed by atoms with Crippen molar-refractivity contribution in [3.63, 3.8) is 0 Å². The van der Waals surface area contributed by atoms with Crippen LogP contribution in [0.1, 0.15) is 5.56 Å². The number of hydrogen-bond acceptors (Lipinski definition) is 7. The van der Waals surface area contributed by atoms with Gasteiger partial charge in [-0.25, -0.2) is 9.78 Å². The van der Waals surface area contributed by atoms with E-state index < -0.39 is 5.63 Å². The van der Waals surface area contributed by atoms with E-state index in [9.17, 15) is 9.59 Å². The molecule has 2 heterocycles. The molecule has 0 aliphatic rings. The van der Waals surface area contributed by atoms with Gasteiger partial charge in [0, 0.05) is 29.3 Å². The van der Waals surface area contributed by atoms with Crippen LogP contribution in [0.2, 0.25) is 10.0 Å². The lowest BCUT2D eigenvalue weighted by atomic mass is 10.1. The number of fused-ring (bicyclic) bond motifs is 1. The van der Waals surface area contributed by atoms with E-state index in [0.29, 0.717) is 34.1 Å². The molecule has 8 nitrogen and oxygen atoms in total. The number of carbonyl (C=O) groups is 1. The number of halogens is 2. The molecule has 2 aromatic carbocycles. The van der Waals surface area contributed by atoms with Crippen molar-refractivity contribution >= 4 is 57.3 Å². The number of anilines is 3. The fourth-order valence-electron chi connectivity index (χ4n) is 3.57. The van der Waals surface area contributed by atoms with Crippen LogP contribution in [0.4, 0.5) is 17.2 Å². The number of aromatic nitrogens is 1. The van der Waals surface area contributed by atoms with Crippen LogP contribution in [-0.2, 0) is 4.79 Å². The number of amides is 1. The predicted octanol–water partition coefficient (Wildman–Crippen LogP) is 6.36. The number of methoxy groups -OCH3 is 2. The summed E-state index contributed by atoms with van der Waals surface area (Å²) in [5.74, 6) is 0.640. The summed E-state index contributed by atoms with van der Waals surface area (Å²) in [6, 6.07) is 10.2. The SMILES string of the molecule is C=CC(=O)Nc1cc(C)ccc1Nc1cc2oc(=O)c(-c3c(Cl)c(OC)cc(OC)c3Cl)cc2cn1. The summed E-state index contributed by atoms with van der Waals surface area (Å²) in [4.78, 5) is 29.2. The van der Waals surface area contributed by atoms with E-state index in [1.54, 1.807) is 24.4 Å². The van der Waals surface area contributed by atoms with Crippen LogP contribution in [0.5, 0.6) is 11.5 Å². The highest BCUT2D eigenvalue weighted by Gasteiger charge is 2.22. The van der Waals surface area contributed by atoms with Gasteiger partial charge in [0.15, 0.2) is 0 Å². The van der Waals surface area contributed by atoms with Crippen molar-refractivity contribution in [3.8, 4) is 22.6 Å². The van der Waals surface area contributed by atoms with Gasteiger partial charge in [-0.2, -0.15) is 0 Å². The van der Waals surface area contributed by atoms with Gasteiger partial charge in [0.05, 0.1) is 41.2 Å². The Morgan fingerprint density at radius 2 is 1.75 bits per heavy atom. The van der Waals surface area contributed by atoms with Gasteiger partial charge < -0.3 is 24.5 Å². The summed E-state index contributed by atoms with van der Waals surface area (Å²) < 4.78 is 16.2. The number of benzene rings is 2. The predicted molar refractivity (Wildman–Crippen MR) is 142 cm³/mol. The van der Waals surface area contributed by atoms with E-state index in [0.717, 1.165) is 5.56 Å². The maximum atomic E-state index is 13.0. The highest BCUT2D eigenvalue weighted by Crippen LogP contribution is 2.45. The molecular weight excluding hydrogens is 505 g/mol. The quantitative estimate of drug-likeness (QED) is 0.270. The van der Waals surface area contributed by atoms with E-state index in [-0.39, 0.29) is 32.7 Å². The number of nitrogens with one attached hydrogen (secondary N) is 2. The zero-order chi connectivity index (χ0) is 26.0. The van der Waals surface area contributed by atoms with E-state index >= 15 is 0 Å². The first-order valence-corrected chi connectivity index (χ1v) is 11.4. The molecule has 0 unspecified atom stereocenters. The minimum absolute atomic E-state index is 0.130. The van der Waals surface area contributed by atoms with E-state index in [2.05, 4.69) is 22.2 Å². The van der Waals surface area contributed by atoms with Crippen molar-refractivity contribution in [2.24, 2.45) is 0 Å². The Kier molecular flexibility index (Phi) is 7.19. The third-order valence-electron chi connectivity index (χ3n) is 5.34. The van der Waals surface area contributed by atoms with Gasteiger partial charge in [-0.1, -0.05) is 35.8 Å². The molecule has 184 valence electrons. The van der Waals surface area contributed by atoms with Crippen LogP contribution in [0.25, 0.3) is 22.1 Å². The zero-order valence-corrected chi connectivity index (χ0v) is 21.1. The molecule has 1 amide bonds. The molecule has 0 aliphatic carbocycles. The minimum atomic E-state index is -0.659. The topological polar surface area (TPSA) is 103 Å². The lowest BCUT2D eigenvalue weighted by Crippen LogP contribution is -2.09. The van der Waals surface area contributed by atoms with Gasteiger partial charge in [0.1, 0.15) is 22.9 Å². The Bertz CT molecular complexity index is 1540. The van der Waals surface area contributed by atoms with Crippen molar-refractivity contribution in [2.45, 2.75) is 6.92 Å². The second kappa shape index (κ2) is 10.3. The standard InChI is InChI=1S/C26H21Cl2N3O5/c1-5-22(32)31-17-8-13(2)6-7-16(17)30-21-11-18-14(12-29-21)9-15(26(33)36-18)23-24(27)19(34-3)10-20(35-4)25(23)28/h5-12H,1H2,2-4H3,(H,29,30)(H,31,32). The third kappa shape index (κ3) is 4.86. The number of carbonyl (C=O) groups excluding carboxylic acids is 1. The van der Waals surface area contributed by atoms with Gasteiger partial charge in [0.25, 0.3) is 0 Å². The Balaban J connectivity index is 1.77. The zero-order valence-electron chi connectivity index (χ0n) is 19.6. The number of nitrogens with zero attached hydrogens (tertiary/aromatic N) is 1. The highest BCUT2D eigenvalue weighted by atomic mass is 35.5. The normalized spacial score (nSPS) is 10.7. The van der Waals surface area contributed by atoms with Gasteiger partial charge in [-0.15, -0.1) is 0 Å².